The molecule has 4 aromatic rings. The number of anilines is 1. The molecule has 184 valence electrons. The highest BCUT2D eigenvalue weighted by molar-refractivity contribution is 7.98. The highest BCUT2D eigenvalue weighted by Gasteiger charge is 2.32. The van der Waals surface area contributed by atoms with Crippen LogP contribution in [0, 0.1) is 0 Å². The summed E-state index contributed by atoms with van der Waals surface area (Å²) in [7, 11) is 0. The Hall–Kier alpha value is -3.59. The van der Waals surface area contributed by atoms with Gasteiger partial charge in [0.15, 0.2) is 10.8 Å². The molecule has 1 saturated heterocycles. The minimum absolute atomic E-state index is 0.0527. The van der Waals surface area contributed by atoms with Gasteiger partial charge in [-0.15, -0.1) is 0 Å². The van der Waals surface area contributed by atoms with Crippen LogP contribution >= 0.6 is 11.8 Å². The number of piperidine rings is 1. The first-order valence-electron chi connectivity index (χ1n) is 12.4. The molecule has 0 bridgehead atoms. The van der Waals surface area contributed by atoms with Crippen molar-refractivity contribution in [3.8, 4) is 11.5 Å². The van der Waals surface area contributed by atoms with Crippen LogP contribution in [0.4, 0.5) is 5.82 Å². The van der Waals surface area contributed by atoms with Crippen molar-refractivity contribution in [2.75, 3.05) is 30.8 Å². The van der Waals surface area contributed by atoms with Gasteiger partial charge in [-0.3, -0.25) is 4.79 Å². The van der Waals surface area contributed by atoms with E-state index >= 15 is 0 Å². The Balaban J connectivity index is 1.22. The minimum atomic E-state index is -0.420. The quantitative estimate of drug-likeness (QED) is 0.306. The second-order valence-electron chi connectivity index (χ2n) is 9.09. The van der Waals surface area contributed by atoms with Crippen molar-refractivity contribution < 1.29 is 9.53 Å². The molecule has 6 rings (SSSR count). The number of carbonyl (C=O) groups excluding carboxylic acids is 1. The monoisotopic (exact) mass is 500 g/mol. The van der Waals surface area contributed by atoms with Crippen LogP contribution in [-0.2, 0) is 11.3 Å². The zero-order valence-electron chi connectivity index (χ0n) is 20.2. The maximum absolute atomic E-state index is 13.4. The number of hydrogen-bond donors (Lipinski definition) is 1. The fourth-order valence-corrected chi connectivity index (χ4v) is 5.46. The van der Waals surface area contributed by atoms with E-state index in [1.807, 2.05) is 65.7 Å². The van der Waals surface area contributed by atoms with Crippen LogP contribution in [-0.4, -0.2) is 51.5 Å². The van der Waals surface area contributed by atoms with E-state index in [1.54, 1.807) is 0 Å². The fourth-order valence-electron chi connectivity index (χ4n) is 5.10. The Morgan fingerprint density at radius 1 is 1.03 bits per heavy atom. The summed E-state index contributed by atoms with van der Waals surface area (Å²) in [4.78, 5) is 25.4. The van der Waals surface area contributed by atoms with Crippen LogP contribution in [0.2, 0.25) is 0 Å². The van der Waals surface area contributed by atoms with Gasteiger partial charge in [0, 0.05) is 30.8 Å². The molecule has 1 amide bonds. The van der Waals surface area contributed by atoms with Crippen molar-refractivity contribution in [1.82, 2.24) is 25.1 Å². The molecule has 2 aromatic heterocycles. The van der Waals surface area contributed by atoms with Gasteiger partial charge in [0.05, 0.1) is 24.0 Å². The number of rotatable bonds is 6. The van der Waals surface area contributed by atoms with Gasteiger partial charge in [-0.2, -0.15) is 5.10 Å². The molecular weight excluding hydrogens is 472 g/mol. The maximum atomic E-state index is 13.4. The highest BCUT2D eigenvalue weighted by Crippen LogP contribution is 2.43. The van der Waals surface area contributed by atoms with E-state index in [4.69, 9.17) is 14.7 Å². The zero-order chi connectivity index (χ0) is 24.5. The molecule has 9 heteroatoms. The van der Waals surface area contributed by atoms with E-state index in [2.05, 4.69) is 15.3 Å². The summed E-state index contributed by atoms with van der Waals surface area (Å²) in [6.07, 6.45) is 7.47. The Morgan fingerprint density at radius 3 is 2.42 bits per heavy atom. The van der Waals surface area contributed by atoms with Gasteiger partial charge in [0.1, 0.15) is 17.3 Å². The van der Waals surface area contributed by atoms with E-state index < -0.39 is 5.92 Å². The third kappa shape index (κ3) is 4.17. The molecule has 36 heavy (non-hydrogen) atoms. The van der Waals surface area contributed by atoms with E-state index in [-0.39, 0.29) is 5.91 Å². The zero-order valence-corrected chi connectivity index (χ0v) is 21.0. The summed E-state index contributed by atoms with van der Waals surface area (Å²) in [5.74, 6) is 1.94. The normalized spacial score (nSPS) is 15.3. The molecular formula is C27H28N6O2S. The van der Waals surface area contributed by atoms with Gasteiger partial charge < -0.3 is 15.0 Å². The lowest BCUT2D eigenvalue weighted by Gasteiger charge is -2.28. The van der Waals surface area contributed by atoms with Gasteiger partial charge in [-0.05, 0) is 37.7 Å². The maximum Gasteiger partial charge on any atom is 0.232 e. The van der Waals surface area contributed by atoms with Gasteiger partial charge in [0.2, 0.25) is 5.91 Å². The molecule has 8 nitrogen and oxygen atoms in total. The van der Waals surface area contributed by atoms with Crippen LogP contribution < -0.4 is 15.0 Å². The standard InChI is InChI=1S/C27H28N6O2S/c1-36-27-30-24(32-14-7-2-8-15-32)20-17-29-33(25(20)31-27)16-13-28-26(34)23-18-9-3-5-11-21(18)35-22-12-6-4-10-19(22)23/h3-6,9-12,17,23H,2,7-8,13-16H2,1H3,(H,28,34). The summed E-state index contributed by atoms with van der Waals surface area (Å²) < 4.78 is 7.91. The van der Waals surface area contributed by atoms with E-state index in [0.29, 0.717) is 13.1 Å². The lowest BCUT2D eigenvalue weighted by molar-refractivity contribution is -0.121. The first-order chi connectivity index (χ1) is 17.7. The number of para-hydroxylation sites is 2. The fraction of sp³-hybridized carbons (Fsp3) is 0.333. The van der Waals surface area contributed by atoms with Gasteiger partial charge >= 0.3 is 0 Å². The molecule has 4 heterocycles. The number of nitrogens with one attached hydrogen (secondary N) is 1. The number of amides is 1. The average molecular weight is 501 g/mol. The van der Waals surface area contributed by atoms with Gasteiger partial charge in [-0.25, -0.2) is 14.6 Å². The van der Waals surface area contributed by atoms with E-state index in [1.165, 1.54) is 31.0 Å². The number of benzene rings is 2. The van der Waals surface area contributed by atoms with Crippen LogP contribution in [0.25, 0.3) is 11.0 Å². The summed E-state index contributed by atoms with van der Waals surface area (Å²) in [5, 5.41) is 9.45. The Labute approximate surface area is 214 Å². The molecule has 0 radical (unpaired) electrons. The molecule has 0 spiro atoms. The first kappa shape index (κ1) is 22.8. The number of hydrogen-bond acceptors (Lipinski definition) is 7. The van der Waals surface area contributed by atoms with Crippen LogP contribution in [0.3, 0.4) is 0 Å². The summed E-state index contributed by atoms with van der Waals surface area (Å²) in [5.41, 5.74) is 2.56. The minimum Gasteiger partial charge on any atom is -0.457 e. The lowest BCUT2D eigenvalue weighted by Crippen LogP contribution is -2.34. The predicted molar refractivity (Wildman–Crippen MR) is 141 cm³/mol. The highest BCUT2D eigenvalue weighted by atomic mass is 32.2. The average Bonchev–Trinajstić information content (AvgIpc) is 3.34. The van der Waals surface area contributed by atoms with E-state index in [9.17, 15) is 4.79 Å². The van der Waals surface area contributed by atoms with Crippen molar-refractivity contribution in [2.24, 2.45) is 0 Å². The molecule has 0 saturated carbocycles. The number of ether oxygens (including phenoxy) is 1. The SMILES string of the molecule is CSc1nc(N2CCCCC2)c2cnn(CCNC(=O)C3c4ccccc4Oc4ccccc43)c2n1. The first-order valence-corrected chi connectivity index (χ1v) is 13.6. The molecule has 0 atom stereocenters. The number of aromatic nitrogens is 4. The van der Waals surface area contributed by atoms with Crippen molar-refractivity contribution in [1.29, 1.82) is 0 Å². The van der Waals surface area contributed by atoms with E-state index in [0.717, 1.165) is 57.7 Å². The molecule has 1 fully saturated rings. The van der Waals surface area contributed by atoms with Crippen LogP contribution in [0.5, 0.6) is 11.5 Å². The Kier molecular flexibility index (Phi) is 6.23. The smallest absolute Gasteiger partial charge is 0.232 e. The topological polar surface area (TPSA) is 85.2 Å². The van der Waals surface area contributed by atoms with Crippen molar-refractivity contribution in [3.63, 3.8) is 0 Å². The second-order valence-corrected chi connectivity index (χ2v) is 9.86. The number of nitrogens with zero attached hydrogens (tertiary/aromatic N) is 5. The molecule has 2 aliphatic heterocycles. The third-order valence-electron chi connectivity index (χ3n) is 6.86. The number of thioether (sulfide) groups is 1. The van der Waals surface area contributed by atoms with Gasteiger partial charge in [0.25, 0.3) is 0 Å². The Bertz CT molecular complexity index is 1370. The number of fused-ring (bicyclic) bond motifs is 3. The van der Waals surface area contributed by atoms with Crippen molar-refractivity contribution in [2.45, 2.75) is 36.9 Å². The number of carbonyl (C=O) groups is 1. The summed E-state index contributed by atoms with van der Waals surface area (Å²) in [6.45, 7) is 2.98. The van der Waals surface area contributed by atoms with Crippen LogP contribution in [0.15, 0.2) is 59.9 Å². The molecule has 2 aromatic carbocycles. The largest absolute Gasteiger partial charge is 0.457 e. The molecule has 1 N–H and O–H groups in total. The summed E-state index contributed by atoms with van der Waals surface area (Å²) in [6, 6.07) is 15.5. The Morgan fingerprint density at radius 2 is 1.72 bits per heavy atom. The third-order valence-corrected chi connectivity index (χ3v) is 7.41. The molecule has 0 unspecified atom stereocenters. The predicted octanol–water partition coefficient (Wildman–Crippen LogP) is 4.59. The van der Waals surface area contributed by atoms with Crippen molar-refractivity contribution >= 4 is 34.5 Å². The summed E-state index contributed by atoms with van der Waals surface area (Å²) >= 11 is 1.54. The van der Waals surface area contributed by atoms with Crippen molar-refractivity contribution in [3.05, 3.63) is 65.9 Å². The molecule has 0 aliphatic carbocycles. The van der Waals surface area contributed by atoms with Crippen LogP contribution in [0.1, 0.15) is 36.3 Å². The second kappa shape index (κ2) is 9.81. The van der Waals surface area contributed by atoms with Gasteiger partial charge in [-0.1, -0.05) is 48.2 Å². The lowest BCUT2D eigenvalue weighted by atomic mass is 9.87. The molecule has 2 aliphatic rings.